The third-order valence-electron chi connectivity index (χ3n) is 5.07. The van der Waals surface area contributed by atoms with Gasteiger partial charge in [-0.1, -0.05) is 36.8 Å². The molecule has 0 aromatic heterocycles. The van der Waals surface area contributed by atoms with E-state index in [9.17, 15) is 14.7 Å². The predicted octanol–water partition coefficient (Wildman–Crippen LogP) is 3.35. The van der Waals surface area contributed by atoms with Gasteiger partial charge in [-0.2, -0.15) is 0 Å². The Bertz CT molecular complexity index is 585. The second-order valence-corrected chi connectivity index (χ2v) is 6.84. The van der Waals surface area contributed by atoms with Crippen LogP contribution in [0.2, 0.25) is 0 Å². The van der Waals surface area contributed by atoms with Crippen molar-refractivity contribution in [2.45, 2.75) is 63.9 Å². The number of Topliss-reactive ketones (excluding diaryl/α,β-unsaturated/α-hetero) is 1. The maximum absolute atomic E-state index is 12.0. The molecule has 0 bridgehead atoms. The number of ketones is 1. The first-order valence-electron chi connectivity index (χ1n) is 9.26. The topological polar surface area (TPSA) is 63.6 Å². The molecule has 0 spiro atoms. The van der Waals surface area contributed by atoms with E-state index in [2.05, 4.69) is 16.6 Å². The van der Waals surface area contributed by atoms with Crippen LogP contribution in [0.25, 0.3) is 0 Å². The van der Waals surface area contributed by atoms with Crippen LogP contribution >= 0.6 is 0 Å². The molecular formula is C21H28O4. The van der Waals surface area contributed by atoms with Crippen LogP contribution in [0.4, 0.5) is 0 Å². The maximum atomic E-state index is 12.0. The normalized spacial score (nSPS) is 23.8. The van der Waals surface area contributed by atoms with Gasteiger partial charge in [0.1, 0.15) is 0 Å². The molecule has 0 aliphatic heterocycles. The fourth-order valence-corrected chi connectivity index (χ4v) is 3.51. The van der Waals surface area contributed by atoms with E-state index in [0.29, 0.717) is 31.6 Å². The Hall–Kier alpha value is -1.86. The molecule has 2 aliphatic carbocycles. The highest BCUT2D eigenvalue weighted by atomic mass is 16.5. The van der Waals surface area contributed by atoms with Crippen molar-refractivity contribution in [3.05, 3.63) is 23.8 Å². The highest BCUT2D eigenvalue weighted by Gasteiger charge is 2.27. The first kappa shape index (κ1) is 19.5. The molecule has 0 amide bonds. The minimum absolute atomic E-state index is 0.0629. The van der Waals surface area contributed by atoms with Gasteiger partial charge in [-0.05, 0) is 37.7 Å². The van der Waals surface area contributed by atoms with E-state index < -0.39 is 6.10 Å². The Balaban J connectivity index is 1.86. The summed E-state index contributed by atoms with van der Waals surface area (Å²) in [6.07, 6.45) is 12.7. The van der Waals surface area contributed by atoms with E-state index in [1.165, 1.54) is 20.0 Å². The Kier molecular flexibility index (Phi) is 7.94. The Morgan fingerprint density at radius 1 is 1.36 bits per heavy atom. The zero-order valence-electron chi connectivity index (χ0n) is 15.0. The molecule has 2 unspecified atom stereocenters. The summed E-state index contributed by atoms with van der Waals surface area (Å²) in [5, 5.41) is 10.2. The SMILES string of the molecule is COC(=O)CCCC#CC=C1C(=O)CCC1C=CC(O)C1CCCC1. The number of allylic oxidation sites excluding steroid dienone is 3. The molecule has 4 heteroatoms. The summed E-state index contributed by atoms with van der Waals surface area (Å²) in [7, 11) is 1.38. The van der Waals surface area contributed by atoms with Crippen LogP contribution in [-0.2, 0) is 14.3 Å². The Labute approximate surface area is 150 Å². The molecule has 0 aromatic rings. The van der Waals surface area contributed by atoms with Crippen LogP contribution in [0.5, 0.6) is 0 Å². The fraction of sp³-hybridized carbons (Fsp3) is 0.619. The zero-order valence-corrected chi connectivity index (χ0v) is 15.0. The van der Waals surface area contributed by atoms with E-state index in [-0.39, 0.29) is 17.7 Å². The second-order valence-electron chi connectivity index (χ2n) is 6.84. The lowest BCUT2D eigenvalue weighted by molar-refractivity contribution is -0.140. The van der Waals surface area contributed by atoms with Crippen LogP contribution in [-0.4, -0.2) is 30.1 Å². The average Bonchev–Trinajstić information content (AvgIpc) is 3.26. The van der Waals surface area contributed by atoms with Crippen molar-refractivity contribution in [2.24, 2.45) is 11.8 Å². The van der Waals surface area contributed by atoms with Gasteiger partial charge < -0.3 is 9.84 Å². The van der Waals surface area contributed by atoms with Crippen LogP contribution in [0.3, 0.4) is 0 Å². The van der Waals surface area contributed by atoms with Gasteiger partial charge in [-0.15, -0.1) is 0 Å². The number of rotatable bonds is 6. The highest BCUT2D eigenvalue weighted by Crippen LogP contribution is 2.31. The first-order chi connectivity index (χ1) is 12.1. The number of hydrogen-bond acceptors (Lipinski definition) is 4. The molecule has 136 valence electrons. The Morgan fingerprint density at radius 3 is 2.84 bits per heavy atom. The number of aliphatic hydroxyl groups is 1. The fourth-order valence-electron chi connectivity index (χ4n) is 3.51. The number of esters is 1. The van der Waals surface area contributed by atoms with Crippen molar-refractivity contribution in [3.8, 4) is 11.8 Å². The van der Waals surface area contributed by atoms with E-state index in [4.69, 9.17) is 0 Å². The molecule has 25 heavy (non-hydrogen) atoms. The van der Waals surface area contributed by atoms with Gasteiger partial charge in [-0.25, -0.2) is 0 Å². The van der Waals surface area contributed by atoms with Gasteiger partial charge in [0.05, 0.1) is 13.2 Å². The van der Waals surface area contributed by atoms with Crippen molar-refractivity contribution in [1.29, 1.82) is 0 Å². The van der Waals surface area contributed by atoms with E-state index >= 15 is 0 Å². The highest BCUT2D eigenvalue weighted by molar-refractivity contribution is 5.98. The van der Waals surface area contributed by atoms with Crippen molar-refractivity contribution in [2.75, 3.05) is 7.11 Å². The maximum Gasteiger partial charge on any atom is 0.305 e. The minimum Gasteiger partial charge on any atom is -0.469 e. The first-order valence-corrected chi connectivity index (χ1v) is 9.26. The summed E-state index contributed by atoms with van der Waals surface area (Å²) in [5.74, 6) is 6.28. The van der Waals surface area contributed by atoms with Gasteiger partial charge >= 0.3 is 5.97 Å². The van der Waals surface area contributed by atoms with Gasteiger partial charge in [0.25, 0.3) is 0 Å². The van der Waals surface area contributed by atoms with Crippen LogP contribution in [0, 0.1) is 23.7 Å². The summed E-state index contributed by atoms with van der Waals surface area (Å²) in [5.41, 5.74) is 0.746. The summed E-state index contributed by atoms with van der Waals surface area (Å²) in [4.78, 5) is 23.0. The van der Waals surface area contributed by atoms with Gasteiger partial charge in [0.2, 0.25) is 0 Å². The standard InChI is InChI=1S/C21H28O4/c1-25-21(24)11-5-3-2-4-10-18-16(13-15-20(18)23)12-14-19(22)17-8-6-7-9-17/h10,12,14,16-17,19,22H,3,5-9,11,13,15H2,1H3. The summed E-state index contributed by atoms with van der Waals surface area (Å²) >= 11 is 0. The molecule has 2 fully saturated rings. The van der Waals surface area contributed by atoms with E-state index in [0.717, 1.165) is 24.8 Å². The van der Waals surface area contributed by atoms with Gasteiger partial charge in [0.15, 0.2) is 5.78 Å². The average molecular weight is 344 g/mol. The van der Waals surface area contributed by atoms with Crippen LogP contribution in [0.15, 0.2) is 23.8 Å². The van der Waals surface area contributed by atoms with Crippen molar-refractivity contribution in [3.63, 3.8) is 0 Å². The van der Waals surface area contributed by atoms with Crippen molar-refractivity contribution in [1.82, 2.24) is 0 Å². The van der Waals surface area contributed by atoms with Crippen molar-refractivity contribution >= 4 is 11.8 Å². The number of methoxy groups -OCH3 is 1. The lowest BCUT2D eigenvalue weighted by Crippen LogP contribution is -2.14. The summed E-state index contributed by atoms with van der Waals surface area (Å²) in [6, 6.07) is 0. The summed E-state index contributed by atoms with van der Waals surface area (Å²) < 4.78 is 4.58. The second kappa shape index (κ2) is 10.2. The molecule has 2 saturated carbocycles. The smallest absolute Gasteiger partial charge is 0.305 e. The monoisotopic (exact) mass is 344 g/mol. The number of ether oxygens (including phenoxy) is 1. The molecule has 2 aliphatic rings. The largest absolute Gasteiger partial charge is 0.469 e. The third kappa shape index (κ3) is 6.17. The number of carbonyl (C=O) groups excluding carboxylic acids is 2. The van der Waals surface area contributed by atoms with E-state index in [1.807, 2.05) is 12.2 Å². The molecule has 1 N–H and O–H groups in total. The number of aliphatic hydroxyl groups excluding tert-OH is 1. The summed E-state index contributed by atoms with van der Waals surface area (Å²) in [6.45, 7) is 0. The molecule has 0 saturated heterocycles. The molecule has 4 nitrogen and oxygen atoms in total. The molecule has 2 rings (SSSR count). The molecule has 0 heterocycles. The molecular weight excluding hydrogens is 316 g/mol. The lowest BCUT2D eigenvalue weighted by atomic mass is 9.96. The minimum atomic E-state index is -0.399. The van der Waals surface area contributed by atoms with E-state index in [1.54, 1.807) is 6.08 Å². The molecule has 0 aromatic carbocycles. The third-order valence-corrected chi connectivity index (χ3v) is 5.07. The number of unbranched alkanes of at least 4 members (excludes halogenated alkanes) is 1. The van der Waals surface area contributed by atoms with Gasteiger partial charge in [-0.3, -0.25) is 9.59 Å². The quantitative estimate of drug-likeness (QED) is 0.264. The number of hydrogen-bond donors (Lipinski definition) is 1. The van der Waals surface area contributed by atoms with Gasteiger partial charge in [0, 0.05) is 30.8 Å². The van der Waals surface area contributed by atoms with Crippen LogP contribution < -0.4 is 0 Å². The van der Waals surface area contributed by atoms with Crippen molar-refractivity contribution < 1.29 is 19.4 Å². The number of carbonyl (C=O) groups is 2. The Morgan fingerprint density at radius 2 is 2.12 bits per heavy atom. The molecule has 2 atom stereocenters. The molecule has 0 radical (unpaired) electrons. The van der Waals surface area contributed by atoms with Crippen LogP contribution in [0.1, 0.15) is 57.8 Å². The zero-order chi connectivity index (χ0) is 18.1. The predicted molar refractivity (Wildman–Crippen MR) is 96.6 cm³/mol. The lowest BCUT2D eigenvalue weighted by Gasteiger charge is -2.14.